The fourth-order valence-electron chi connectivity index (χ4n) is 3.39. The molecule has 0 aliphatic carbocycles. The van der Waals surface area contributed by atoms with Crippen LogP contribution in [0.15, 0.2) is 60.7 Å². The smallest absolute Gasteiger partial charge is 0.319 e. The zero-order valence-electron chi connectivity index (χ0n) is 13.3. The maximum absolute atomic E-state index is 12.5. The predicted molar refractivity (Wildman–Crippen MR) is 88.6 cm³/mol. The molecule has 3 nitrogen and oxygen atoms in total. The van der Waals surface area contributed by atoms with Crippen molar-refractivity contribution in [2.45, 2.75) is 38.4 Å². The molecule has 1 N–H and O–H groups in total. The van der Waals surface area contributed by atoms with Crippen LogP contribution in [0.25, 0.3) is 0 Å². The second-order valence-corrected chi connectivity index (χ2v) is 6.15. The average Bonchev–Trinajstić information content (AvgIpc) is 2.61. The Morgan fingerprint density at radius 3 is 2.26 bits per heavy atom. The second kappa shape index (κ2) is 6.55. The number of carbonyl (C=O) groups excluding carboxylic acids is 1. The maximum Gasteiger partial charge on any atom is 0.319 e. The summed E-state index contributed by atoms with van der Waals surface area (Å²) in [6.07, 6.45) is 1.22. The summed E-state index contributed by atoms with van der Waals surface area (Å²) in [5.74, 6) is -0.295. The van der Waals surface area contributed by atoms with Gasteiger partial charge < -0.3 is 9.84 Å². The van der Waals surface area contributed by atoms with E-state index in [-0.39, 0.29) is 5.97 Å². The van der Waals surface area contributed by atoms with E-state index >= 15 is 0 Å². The molecule has 1 heterocycles. The van der Waals surface area contributed by atoms with Crippen LogP contribution in [0.4, 0.5) is 0 Å². The fraction of sp³-hybridized carbons (Fsp3) is 0.350. The maximum atomic E-state index is 12.5. The zero-order valence-corrected chi connectivity index (χ0v) is 13.3. The number of esters is 1. The fourth-order valence-corrected chi connectivity index (χ4v) is 3.39. The summed E-state index contributed by atoms with van der Waals surface area (Å²) in [5, 5.41) is 11.0. The minimum Gasteiger partial charge on any atom is -0.456 e. The van der Waals surface area contributed by atoms with Gasteiger partial charge in [-0.05, 0) is 17.5 Å². The van der Waals surface area contributed by atoms with Crippen molar-refractivity contribution in [1.82, 2.24) is 0 Å². The number of hydrogen-bond acceptors (Lipinski definition) is 3. The minimum absolute atomic E-state index is 0.295. The van der Waals surface area contributed by atoms with Crippen molar-refractivity contribution in [3.05, 3.63) is 71.8 Å². The van der Waals surface area contributed by atoms with Gasteiger partial charge in [0.15, 0.2) is 0 Å². The number of hydrogen-bond donors (Lipinski definition) is 1. The molecule has 1 saturated heterocycles. The van der Waals surface area contributed by atoms with Crippen LogP contribution in [0.2, 0.25) is 0 Å². The van der Waals surface area contributed by atoms with Crippen molar-refractivity contribution in [2.75, 3.05) is 0 Å². The first-order valence-corrected chi connectivity index (χ1v) is 8.19. The highest BCUT2D eigenvalue weighted by Gasteiger charge is 2.62. The van der Waals surface area contributed by atoms with Gasteiger partial charge in [0.2, 0.25) is 0 Å². The molecule has 2 aromatic carbocycles. The average molecular weight is 310 g/mol. The third-order valence-electron chi connectivity index (χ3n) is 4.72. The molecule has 120 valence electrons. The van der Waals surface area contributed by atoms with Crippen LogP contribution >= 0.6 is 0 Å². The molecule has 2 aromatic rings. The number of carbonyl (C=O) groups is 1. The summed E-state index contributed by atoms with van der Waals surface area (Å²) in [6, 6.07) is 19.1. The van der Waals surface area contributed by atoms with Gasteiger partial charge in [0.05, 0.1) is 6.10 Å². The van der Waals surface area contributed by atoms with E-state index in [4.69, 9.17) is 4.74 Å². The molecule has 0 radical (unpaired) electrons. The molecule has 0 unspecified atom stereocenters. The van der Waals surface area contributed by atoms with Gasteiger partial charge >= 0.3 is 5.97 Å². The molecular formula is C20H22O3. The number of cyclic esters (lactones) is 1. The number of aliphatic hydroxyl groups is 1. The standard InChI is InChI=1S/C20H22O3/c1-2-3-14-20(17(21)15-10-6-4-7-11-15)18(23-19(20)22)16-12-8-5-9-13-16/h4-13,17-18,21H,2-3,14H2,1H3/t17-,18+,20+/m1/s1. The summed E-state index contributed by atoms with van der Waals surface area (Å²) in [7, 11) is 0. The Hall–Kier alpha value is -2.13. The lowest BCUT2D eigenvalue weighted by molar-refractivity contribution is -0.231. The predicted octanol–water partition coefficient (Wildman–Crippen LogP) is 4.19. The van der Waals surface area contributed by atoms with Gasteiger partial charge in [0, 0.05) is 0 Å². The number of ether oxygens (including phenoxy) is 1. The van der Waals surface area contributed by atoms with Crippen LogP contribution < -0.4 is 0 Å². The summed E-state index contributed by atoms with van der Waals surface area (Å²) in [6.45, 7) is 2.09. The van der Waals surface area contributed by atoms with Crippen LogP contribution in [0.1, 0.15) is 49.5 Å². The van der Waals surface area contributed by atoms with E-state index < -0.39 is 17.6 Å². The summed E-state index contributed by atoms with van der Waals surface area (Å²) in [4.78, 5) is 12.5. The molecule has 3 rings (SSSR count). The largest absolute Gasteiger partial charge is 0.456 e. The Balaban J connectivity index is 2.00. The van der Waals surface area contributed by atoms with E-state index in [2.05, 4.69) is 6.92 Å². The quantitative estimate of drug-likeness (QED) is 0.814. The molecule has 3 atom stereocenters. The molecular weight excluding hydrogens is 288 g/mol. The second-order valence-electron chi connectivity index (χ2n) is 6.15. The summed E-state index contributed by atoms with van der Waals surface area (Å²) >= 11 is 0. The molecule has 0 bridgehead atoms. The first kappa shape index (κ1) is 15.8. The lowest BCUT2D eigenvalue weighted by Crippen LogP contribution is -2.54. The van der Waals surface area contributed by atoms with Crippen LogP contribution in [0.3, 0.4) is 0 Å². The van der Waals surface area contributed by atoms with Gasteiger partial charge in [-0.1, -0.05) is 80.4 Å². The van der Waals surface area contributed by atoms with Crippen LogP contribution in [0, 0.1) is 5.41 Å². The third-order valence-corrected chi connectivity index (χ3v) is 4.72. The Morgan fingerprint density at radius 1 is 1.09 bits per heavy atom. The number of unbranched alkanes of at least 4 members (excludes halogenated alkanes) is 1. The number of benzene rings is 2. The van der Waals surface area contributed by atoms with Gasteiger partial charge in [-0.25, -0.2) is 0 Å². The van der Waals surface area contributed by atoms with Gasteiger partial charge in [0.1, 0.15) is 11.5 Å². The van der Waals surface area contributed by atoms with E-state index in [1.807, 2.05) is 60.7 Å². The van der Waals surface area contributed by atoms with Crippen LogP contribution in [-0.2, 0) is 9.53 Å². The number of rotatable bonds is 6. The highest BCUT2D eigenvalue weighted by Crippen LogP contribution is 2.57. The Bertz CT molecular complexity index is 610. The van der Waals surface area contributed by atoms with E-state index in [1.165, 1.54) is 0 Å². The lowest BCUT2D eigenvalue weighted by atomic mass is 9.65. The highest BCUT2D eigenvalue weighted by atomic mass is 16.6. The monoisotopic (exact) mass is 310 g/mol. The molecule has 23 heavy (non-hydrogen) atoms. The van der Waals surface area contributed by atoms with Crippen molar-refractivity contribution in [1.29, 1.82) is 0 Å². The van der Waals surface area contributed by atoms with Crippen molar-refractivity contribution in [3.63, 3.8) is 0 Å². The first-order valence-electron chi connectivity index (χ1n) is 8.19. The SMILES string of the molecule is CCCC[C@@]1([C@H](O)c2ccccc2)C(=O)O[C@H]1c1ccccc1. The molecule has 1 aliphatic heterocycles. The van der Waals surface area contributed by atoms with E-state index in [9.17, 15) is 9.90 Å². The van der Waals surface area contributed by atoms with Crippen molar-refractivity contribution in [3.8, 4) is 0 Å². The van der Waals surface area contributed by atoms with Gasteiger partial charge in [-0.15, -0.1) is 0 Å². The molecule has 0 aromatic heterocycles. The third kappa shape index (κ3) is 2.66. The topological polar surface area (TPSA) is 46.5 Å². The van der Waals surface area contributed by atoms with E-state index in [0.717, 1.165) is 24.0 Å². The summed E-state index contributed by atoms with van der Waals surface area (Å²) in [5.41, 5.74) is 0.818. The molecule has 1 aliphatic rings. The zero-order chi connectivity index (χ0) is 16.3. The van der Waals surface area contributed by atoms with E-state index in [0.29, 0.717) is 6.42 Å². The minimum atomic E-state index is -0.890. The Labute approximate surface area is 136 Å². The molecule has 0 spiro atoms. The lowest BCUT2D eigenvalue weighted by Gasteiger charge is -2.50. The normalized spacial score (nSPS) is 24.6. The number of aliphatic hydroxyl groups excluding tert-OH is 1. The van der Waals surface area contributed by atoms with Crippen molar-refractivity contribution >= 4 is 5.97 Å². The van der Waals surface area contributed by atoms with Gasteiger partial charge in [-0.3, -0.25) is 4.79 Å². The van der Waals surface area contributed by atoms with Crippen LogP contribution in [0.5, 0.6) is 0 Å². The van der Waals surface area contributed by atoms with Crippen LogP contribution in [-0.4, -0.2) is 11.1 Å². The molecule has 3 heteroatoms. The van der Waals surface area contributed by atoms with Gasteiger partial charge in [0.25, 0.3) is 0 Å². The molecule has 0 saturated carbocycles. The van der Waals surface area contributed by atoms with Crippen molar-refractivity contribution < 1.29 is 14.6 Å². The van der Waals surface area contributed by atoms with E-state index in [1.54, 1.807) is 0 Å². The first-order chi connectivity index (χ1) is 11.2. The molecule has 1 fully saturated rings. The highest BCUT2D eigenvalue weighted by molar-refractivity contribution is 5.84. The van der Waals surface area contributed by atoms with Gasteiger partial charge in [-0.2, -0.15) is 0 Å². The Kier molecular flexibility index (Phi) is 4.49. The Morgan fingerprint density at radius 2 is 1.70 bits per heavy atom. The molecule has 0 amide bonds. The van der Waals surface area contributed by atoms with Crippen molar-refractivity contribution in [2.24, 2.45) is 5.41 Å². The summed E-state index contributed by atoms with van der Waals surface area (Å²) < 4.78 is 5.48.